The Morgan fingerprint density at radius 3 is 1.68 bits per heavy atom. The Bertz CT molecular complexity index is 828. The Morgan fingerprint density at radius 2 is 1.21 bits per heavy atom. The van der Waals surface area contributed by atoms with Gasteiger partial charge in [-0.25, -0.2) is 0 Å². The van der Waals surface area contributed by atoms with Crippen molar-refractivity contribution in [3.8, 4) is 0 Å². The lowest BCUT2D eigenvalue weighted by molar-refractivity contribution is -0.149. The first kappa shape index (κ1) is 19.9. The maximum absolute atomic E-state index is 12.9. The van der Waals surface area contributed by atoms with E-state index in [1.165, 1.54) is 5.56 Å². The summed E-state index contributed by atoms with van der Waals surface area (Å²) in [5.74, 6) is 0.0862. The maximum Gasteiger partial charge on any atom is 0.314 e. The second kappa shape index (κ2) is 9.36. The molecule has 2 heteroatoms. The fourth-order valence-corrected chi connectivity index (χ4v) is 3.35. The van der Waals surface area contributed by atoms with E-state index in [4.69, 9.17) is 4.74 Å². The van der Waals surface area contributed by atoms with Crippen molar-refractivity contribution in [1.29, 1.82) is 0 Å². The number of carbonyl (C=O) groups excluding carboxylic acids is 1. The minimum absolute atomic E-state index is 0.214. The molecule has 0 bridgehead atoms. The smallest absolute Gasteiger partial charge is 0.314 e. The van der Waals surface area contributed by atoms with E-state index in [-0.39, 0.29) is 11.9 Å². The third-order valence-electron chi connectivity index (χ3n) is 4.92. The van der Waals surface area contributed by atoms with Gasteiger partial charge >= 0.3 is 5.97 Å². The van der Waals surface area contributed by atoms with E-state index in [1.54, 1.807) is 0 Å². The monoisotopic (exact) mass is 372 g/mol. The molecule has 0 saturated carbocycles. The summed E-state index contributed by atoms with van der Waals surface area (Å²) in [6.45, 7) is 6.33. The van der Waals surface area contributed by atoms with Crippen LogP contribution in [-0.2, 0) is 16.0 Å². The Morgan fingerprint density at radius 1 is 0.714 bits per heavy atom. The van der Waals surface area contributed by atoms with Gasteiger partial charge in [-0.1, -0.05) is 98.8 Å². The van der Waals surface area contributed by atoms with Crippen molar-refractivity contribution in [1.82, 2.24) is 0 Å². The van der Waals surface area contributed by atoms with Crippen LogP contribution in [0.1, 0.15) is 55.0 Å². The van der Waals surface area contributed by atoms with Crippen molar-refractivity contribution in [3.63, 3.8) is 0 Å². The number of benzene rings is 3. The van der Waals surface area contributed by atoms with Gasteiger partial charge in [-0.2, -0.15) is 0 Å². The summed E-state index contributed by atoms with van der Waals surface area (Å²) >= 11 is 0. The van der Waals surface area contributed by atoms with E-state index in [0.29, 0.717) is 5.92 Å². The summed E-state index contributed by atoms with van der Waals surface area (Å²) in [5.41, 5.74) is 4.23. The lowest BCUT2D eigenvalue weighted by atomic mass is 9.96. The molecule has 0 fully saturated rings. The molecule has 0 aromatic heterocycles. The van der Waals surface area contributed by atoms with Gasteiger partial charge in [0.1, 0.15) is 0 Å². The summed E-state index contributed by atoms with van der Waals surface area (Å²) in [4.78, 5) is 12.9. The van der Waals surface area contributed by atoms with Gasteiger partial charge < -0.3 is 4.74 Å². The fourth-order valence-electron chi connectivity index (χ4n) is 3.35. The van der Waals surface area contributed by atoms with Crippen molar-refractivity contribution >= 4 is 5.97 Å². The minimum atomic E-state index is -0.405. The molecule has 0 N–H and O–H groups in total. The Labute approximate surface area is 168 Å². The third kappa shape index (κ3) is 5.10. The third-order valence-corrected chi connectivity index (χ3v) is 4.92. The highest BCUT2D eigenvalue weighted by molar-refractivity contribution is 5.78. The van der Waals surface area contributed by atoms with Gasteiger partial charge in [0.2, 0.25) is 0 Å². The first-order valence-electron chi connectivity index (χ1n) is 9.94. The summed E-state index contributed by atoms with van der Waals surface area (Å²) in [6.07, 6.45) is 0.640. The molecule has 0 aliphatic rings. The van der Waals surface area contributed by atoms with Crippen molar-refractivity contribution in [2.75, 3.05) is 0 Å². The van der Waals surface area contributed by atoms with E-state index in [2.05, 4.69) is 26.0 Å². The molecule has 28 heavy (non-hydrogen) atoms. The topological polar surface area (TPSA) is 26.3 Å². The molecule has 0 heterocycles. The molecule has 2 nitrogen and oxygen atoms in total. The molecule has 0 spiro atoms. The number of hydrogen-bond acceptors (Lipinski definition) is 2. The molecule has 0 aliphatic heterocycles. The zero-order valence-electron chi connectivity index (χ0n) is 16.8. The molecular formula is C26H28O2. The van der Waals surface area contributed by atoms with Crippen LogP contribution in [0.2, 0.25) is 0 Å². The van der Waals surface area contributed by atoms with Gasteiger partial charge in [0.25, 0.3) is 0 Å². The number of carbonyl (C=O) groups is 1. The second-order valence-corrected chi connectivity index (χ2v) is 7.70. The average molecular weight is 373 g/mol. The van der Waals surface area contributed by atoms with Crippen LogP contribution >= 0.6 is 0 Å². The molecule has 3 rings (SSSR count). The second-order valence-electron chi connectivity index (χ2n) is 7.70. The van der Waals surface area contributed by atoms with E-state index in [1.807, 2.05) is 79.7 Å². The van der Waals surface area contributed by atoms with Gasteiger partial charge in [-0.15, -0.1) is 0 Å². The Kier molecular flexibility index (Phi) is 6.65. The standard InChI is InChI=1S/C26H28O2/c1-19(2)18-21-14-16-22(17-15-21)20(3)26(27)28-25(23-10-6-4-7-11-23)24-12-8-5-9-13-24/h4-17,19-20,25H,18H2,1-3H3/t20-/m1/s1. The Hall–Kier alpha value is -2.87. The lowest BCUT2D eigenvalue weighted by Crippen LogP contribution is -2.18. The summed E-state index contributed by atoms with van der Waals surface area (Å²) in [6, 6.07) is 28.1. The van der Waals surface area contributed by atoms with Crippen LogP contribution in [0.5, 0.6) is 0 Å². The highest BCUT2D eigenvalue weighted by Crippen LogP contribution is 2.29. The fraction of sp³-hybridized carbons (Fsp3) is 0.269. The van der Waals surface area contributed by atoms with Gasteiger partial charge in [-0.3, -0.25) is 4.79 Å². The number of ether oxygens (including phenoxy) is 1. The zero-order chi connectivity index (χ0) is 19.9. The molecule has 1 atom stereocenters. The number of rotatable bonds is 7. The zero-order valence-corrected chi connectivity index (χ0v) is 16.8. The van der Waals surface area contributed by atoms with Crippen LogP contribution in [0, 0.1) is 5.92 Å². The molecule has 3 aromatic carbocycles. The van der Waals surface area contributed by atoms with Crippen molar-refractivity contribution in [2.45, 2.75) is 39.2 Å². The number of esters is 1. The van der Waals surface area contributed by atoms with Crippen LogP contribution in [0.4, 0.5) is 0 Å². The first-order chi connectivity index (χ1) is 13.5. The predicted octanol–water partition coefficient (Wildman–Crippen LogP) is 6.32. The SMILES string of the molecule is CC(C)Cc1ccc([C@@H](C)C(=O)OC(c2ccccc2)c2ccccc2)cc1. The predicted molar refractivity (Wildman–Crippen MR) is 114 cm³/mol. The van der Waals surface area contributed by atoms with E-state index in [0.717, 1.165) is 23.1 Å². The molecular weight excluding hydrogens is 344 g/mol. The average Bonchev–Trinajstić information content (AvgIpc) is 2.72. The quantitative estimate of drug-likeness (QED) is 0.454. The Balaban J connectivity index is 1.78. The van der Waals surface area contributed by atoms with E-state index >= 15 is 0 Å². The van der Waals surface area contributed by atoms with Crippen LogP contribution in [0.3, 0.4) is 0 Å². The van der Waals surface area contributed by atoms with Crippen LogP contribution in [-0.4, -0.2) is 5.97 Å². The van der Waals surface area contributed by atoms with Crippen LogP contribution in [0.15, 0.2) is 84.9 Å². The maximum atomic E-state index is 12.9. The summed E-state index contributed by atoms with van der Waals surface area (Å²) in [7, 11) is 0. The highest BCUT2D eigenvalue weighted by atomic mass is 16.5. The van der Waals surface area contributed by atoms with Crippen molar-refractivity contribution < 1.29 is 9.53 Å². The molecule has 0 unspecified atom stereocenters. The van der Waals surface area contributed by atoms with Crippen molar-refractivity contribution in [2.24, 2.45) is 5.92 Å². The van der Waals surface area contributed by atoms with Gasteiger partial charge in [0.15, 0.2) is 6.10 Å². The van der Waals surface area contributed by atoms with Gasteiger partial charge in [0.05, 0.1) is 5.92 Å². The molecule has 144 valence electrons. The van der Waals surface area contributed by atoms with E-state index in [9.17, 15) is 4.79 Å². The van der Waals surface area contributed by atoms with Gasteiger partial charge in [0, 0.05) is 0 Å². The molecule has 0 saturated heterocycles. The molecule has 0 amide bonds. The lowest BCUT2D eigenvalue weighted by Gasteiger charge is -2.21. The van der Waals surface area contributed by atoms with Crippen LogP contribution in [0.25, 0.3) is 0 Å². The first-order valence-corrected chi connectivity index (χ1v) is 9.94. The van der Waals surface area contributed by atoms with Crippen molar-refractivity contribution in [3.05, 3.63) is 107 Å². The molecule has 3 aromatic rings. The largest absolute Gasteiger partial charge is 0.452 e. The minimum Gasteiger partial charge on any atom is -0.452 e. The summed E-state index contributed by atoms with van der Waals surface area (Å²) < 4.78 is 5.99. The van der Waals surface area contributed by atoms with Crippen LogP contribution < -0.4 is 0 Å². The van der Waals surface area contributed by atoms with E-state index < -0.39 is 6.10 Å². The number of hydrogen-bond donors (Lipinski definition) is 0. The normalized spacial score (nSPS) is 12.2. The molecule has 0 aliphatic carbocycles. The highest BCUT2D eigenvalue weighted by Gasteiger charge is 2.23. The van der Waals surface area contributed by atoms with Gasteiger partial charge in [-0.05, 0) is 41.5 Å². The molecule has 0 radical (unpaired) electrons. The summed E-state index contributed by atoms with van der Waals surface area (Å²) in [5, 5.41) is 0.